The largest absolute Gasteiger partial charge is 0.381 e. The first kappa shape index (κ1) is 14.1. The number of aromatic nitrogens is 2. The minimum absolute atomic E-state index is 0.0138. The highest BCUT2D eigenvalue weighted by molar-refractivity contribution is 7.89. The van der Waals surface area contributed by atoms with Gasteiger partial charge in [-0.2, -0.15) is 9.40 Å². The first-order chi connectivity index (χ1) is 9.93. The number of carbonyl (C=O) groups excluding carboxylic acids is 1. The van der Waals surface area contributed by atoms with Crippen LogP contribution < -0.4 is 11.1 Å². The van der Waals surface area contributed by atoms with Crippen molar-refractivity contribution in [2.75, 3.05) is 31.9 Å². The maximum absolute atomic E-state index is 12.7. The molecule has 3 heterocycles. The molecule has 0 spiro atoms. The summed E-state index contributed by atoms with van der Waals surface area (Å²) in [5, 5.41) is 6.70. The van der Waals surface area contributed by atoms with Crippen LogP contribution in [0.4, 0.5) is 10.6 Å². The molecule has 2 amide bonds. The number of nitrogen functional groups attached to an aromatic ring is 1. The summed E-state index contributed by atoms with van der Waals surface area (Å²) in [6.07, 6.45) is 1.45. The molecule has 0 bridgehead atoms. The smallest absolute Gasteiger partial charge is 0.317 e. The summed E-state index contributed by atoms with van der Waals surface area (Å²) in [7, 11) is -3.68. The van der Waals surface area contributed by atoms with Crippen LogP contribution in [0, 0.1) is 0 Å². The average Bonchev–Trinajstić information content (AvgIpc) is 3.02. The minimum atomic E-state index is -3.68. The molecule has 2 fully saturated rings. The summed E-state index contributed by atoms with van der Waals surface area (Å²) >= 11 is 0. The Morgan fingerprint density at radius 3 is 2.90 bits per heavy atom. The number of nitrogens with one attached hydrogen (secondary N) is 1. The highest BCUT2D eigenvalue weighted by Crippen LogP contribution is 2.24. The molecule has 0 aliphatic carbocycles. The standard InChI is InChI=1S/C11H18N6O3S/c1-2-15-7-9(10(12)14-15)21(19,20)16-3-4-17-8(6-16)5-13-11(17)18/h7-8H,2-6H2,1H3,(H2,12,14)(H,13,18). The second-order valence-electron chi connectivity index (χ2n) is 5.13. The van der Waals surface area contributed by atoms with Gasteiger partial charge in [0.2, 0.25) is 10.0 Å². The quantitative estimate of drug-likeness (QED) is 0.734. The Balaban J connectivity index is 1.85. The van der Waals surface area contributed by atoms with Gasteiger partial charge in [-0.1, -0.05) is 0 Å². The molecule has 10 heteroatoms. The van der Waals surface area contributed by atoms with Crippen LogP contribution in [-0.4, -0.2) is 65.7 Å². The Kier molecular flexibility index (Phi) is 3.29. The van der Waals surface area contributed by atoms with Crippen LogP contribution >= 0.6 is 0 Å². The van der Waals surface area contributed by atoms with E-state index in [1.807, 2.05) is 6.92 Å². The highest BCUT2D eigenvalue weighted by atomic mass is 32.2. The molecule has 1 aromatic heterocycles. The third-order valence-corrected chi connectivity index (χ3v) is 5.77. The lowest BCUT2D eigenvalue weighted by Crippen LogP contribution is -2.53. The minimum Gasteiger partial charge on any atom is -0.381 e. The Morgan fingerprint density at radius 2 is 2.24 bits per heavy atom. The molecule has 0 saturated carbocycles. The number of piperazine rings is 1. The van der Waals surface area contributed by atoms with Gasteiger partial charge in [0.1, 0.15) is 4.90 Å². The zero-order valence-electron chi connectivity index (χ0n) is 11.7. The van der Waals surface area contributed by atoms with E-state index in [2.05, 4.69) is 10.4 Å². The van der Waals surface area contributed by atoms with Gasteiger partial charge in [0.15, 0.2) is 5.82 Å². The molecule has 0 aromatic carbocycles. The summed E-state index contributed by atoms with van der Waals surface area (Å²) in [5.74, 6) is 0.0138. The number of nitrogens with zero attached hydrogens (tertiary/aromatic N) is 4. The Bertz CT molecular complexity index is 669. The third-order valence-electron chi connectivity index (χ3n) is 3.89. The number of urea groups is 1. The van der Waals surface area contributed by atoms with Crippen molar-refractivity contribution in [2.45, 2.75) is 24.4 Å². The zero-order valence-corrected chi connectivity index (χ0v) is 12.5. The molecule has 3 N–H and O–H groups in total. The van der Waals surface area contributed by atoms with Crippen LogP contribution in [0.3, 0.4) is 0 Å². The van der Waals surface area contributed by atoms with Gasteiger partial charge in [-0.3, -0.25) is 4.68 Å². The Labute approximate surface area is 122 Å². The van der Waals surface area contributed by atoms with Crippen molar-refractivity contribution in [1.29, 1.82) is 0 Å². The zero-order chi connectivity index (χ0) is 15.2. The molecule has 1 aromatic rings. The number of hydrogen-bond acceptors (Lipinski definition) is 5. The summed E-state index contributed by atoms with van der Waals surface area (Å²) in [6, 6.07) is -0.251. The predicted octanol–water partition coefficient (Wildman–Crippen LogP) is -1.12. The molecule has 116 valence electrons. The lowest BCUT2D eigenvalue weighted by atomic mass is 10.2. The molecule has 2 aliphatic rings. The van der Waals surface area contributed by atoms with Gasteiger partial charge in [0.05, 0.1) is 6.04 Å². The van der Waals surface area contributed by atoms with Crippen molar-refractivity contribution >= 4 is 21.9 Å². The molecule has 1 unspecified atom stereocenters. The van der Waals surface area contributed by atoms with E-state index in [1.165, 1.54) is 15.2 Å². The fourth-order valence-electron chi connectivity index (χ4n) is 2.71. The fourth-order valence-corrected chi connectivity index (χ4v) is 4.24. The van der Waals surface area contributed by atoms with Crippen LogP contribution in [0.1, 0.15) is 6.92 Å². The maximum Gasteiger partial charge on any atom is 0.317 e. The predicted molar refractivity (Wildman–Crippen MR) is 75.0 cm³/mol. The van der Waals surface area contributed by atoms with E-state index in [0.717, 1.165) is 0 Å². The van der Waals surface area contributed by atoms with Crippen LogP contribution in [0.15, 0.2) is 11.1 Å². The van der Waals surface area contributed by atoms with Crippen molar-refractivity contribution in [2.24, 2.45) is 0 Å². The lowest BCUT2D eigenvalue weighted by molar-refractivity contribution is 0.164. The topological polar surface area (TPSA) is 114 Å². The number of aryl methyl sites for hydroxylation is 1. The van der Waals surface area contributed by atoms with Crippen LogP contribution in [-0.2, 0) is 16.6 Å². The van der Waals surface area contributed by atoms with Gasteiger partial charge in [0, 0.05) is 38.9 Å². The van der Waals surface area contributed by atoms with Gasteiger partial charge in [-0.15, -0.1) is 0 Å². The number of amides is 2. The Hall–Kier alpha value is -1.81. The average molecular weight is 314 g/mol. The van der Waals surface area contributed by atoms with E-state index in [4.69, 9.17) is 5.73 Å². The first-order valence-electron chi connectivity index (χ1n) is 6.81. The lowest BCUT2D eigenvalue weighted by Gasteiger charge is -2.35. The summed E-state index contributed by atoms with van der Waals surface area (Å²) in [4.78, 5) is 13.3. The fraction of sp³-hybridized carbons (Fsp3) is 0.636. The number of hydrogen-bond donors (Lipinski definition) is 2. The molecule has 1 atom stereocenters. The van der Waals surface area contributed by atoms with E-state index >= 15 is 0 Å². The molecular weight excluding hydrogens is 296 g/mol. The normalized spacial score (nSPS) is 23.2. The number of anilines is 1. The second-order valence-corrected chi connectivity index (χ2v) is 7.04. The number of sulfonamides is 1. The van der Waals surface area contributed by atoms with E-state index in [-0.39, 0.29) is 35.9 Å². The summed E-state index contributed by atoms with van der Waals surface area (Å²) < 4.78 is 28.2. The Morgan fingerprint density at radius 1 is 1.48 bits per heavy atom. The van der Waals surface area contributed by atoms with Gasteiger partial charge in [0.25, 0.3) is 0 Å². The van der Waals surface area contributed by atoms with E-state index in [1.54, 1.807) is 4.90 Å². The van der Waals surface area contributed by atoms with Crippen molar-refractivity contribution in [1.82, 2.24) is 24.3 Å². The third kappa shape index (κ3) is 2.23. The molecular formula is C11H18N6O3S. The number of rotatable bonds is 3. The van der Waals surface area contributed by atoms with Crippen molar-refractivity contribution in [3.05, 3.63) is 6.20 Å². The highest BCUT2D eigenvalue weighted by Gasteiger charge is 2.40. The van der Waals surface area contributed by atoms with E-state index in [0.29, 0.717) is 19.6 Å². The molecule has 2 aliphatic heterocycles. The maximum atomic E-state index is 12.7. The van der Waals surface area contributed by atoms with Crippen molar-refractivity contribution in [3.63, 3.8) is 0 Å². The SMILES string of the molecule is CCn1cc(S(=O)(=O)N2CCN3C(=O)NCC3C2)c(N)n1. The van der Waals surface area contributed by atoms with E-state index in [9.17, 15) is 13.2 Å². The summed E-state index contributed by atoms with van der Waals surface area (Å²) in [5.41, 5.74) is 5.72. The molecule has 3 rings (SSSR count). The monoisotopic (exact) mass is 314 g/mol. The molecule has 0 radical (unpaired) electrons. The van der Waals surface area contributed by atoms with Crippen LogP contribution in [0.5, 0.6) is 0 Å². The number of fused-ring (bicyclic) bond motifs is 1. The van der Waals surface area contributed by atoms with Gasteiger partial charge in [-0.25, -0.2) is 13.2 Å². The van der Waals surface area contributed by atoms with Crippen molar-refractivity contribution in [3.8, 4) is 0 Å². The molecule has 9 nitrogen and oxygen atoms in total. The van der Waals surface area contributed by atoms with Gasteiger partial charge >= 0.3 is 6.03 Å². The number of nitrogens with two attached hydrogens (primary N) is 1. The number of carbonyl (C=O) groups is 1. The second kappa shape index (κ2) is 4.88. The summed E-state index contributed by atoms with van der Waals surface area (Å²) in [6.45, 7) is 3.80. The first-order valence-corrected chi connectivity index (χ1v) is 8.25. The van der Waals surface area contributed by atoms with Gasteiger partial charge in [-0.05, 0) is 6.92 Å². The van der Waals surface area contributed by atoms with Crippen molar-refractivity contribution < 1.29 is 13.2 Å². The van der Waals surface area contributed by atoms with Crippen LogP contribution in [0.25, 0.3) is 0 Å². The van der Waals surface area contributed by atoms with Crippen LogP contribution in [0.2, 0.25) is 0 Å². The molecule has 2 saturated heterocycles. The van der Waals surface area contributed by atoms with E-state index < -0.39 is 10.0 Å². The van der Waals surface area contributed by atoms with Gasteiger partial charge < -0.3 is 16.0 Å². The molecule has 21 heavy (non-hydrogen) atoms.